The average molecular weight is 574 g/mol. The molecule has 204 valence electrons. The van der Waals surface area contributed by atoms with E-state index in [2.05, 4.69) is 6.58 Å². The van der Waals surface area contributed by atoms with E-state index in [4.69, 9.17) is 21.4 Å². The van der Waals surface area contributed by atoms with Crippen molar-refractivity contribution in [3.8, 4) is 22.1 Å². The number of allylic oxidation sites excluding steroid dienone is 3. The van der Waals surface area contributed by atoms with Crippen molar-refractivity contribution >= 4 is 50.7 Å². The normalized spacial score (nSPS) is 22.5. The number of carbonyl (C=O) groups excluding carboxylic acids is 2. The molecular formula is C31H28ClN3O4S. The summed E-state index contributed by atoms with van der Waals surface area (Å²) in [5.74, 6) is -0.877. The number of thiophene rings is 1. The van der Waals surface area contributed by atoms with Gasteiger partial charge < -0.3 is 9.84 Å². The Morgan fingerprint density at radius 1 is 1.23 bits per heavy atom. The highest BCUT2D eigenvalue weighted by atomic mass is 35.5. The minimum atomic E-state index is -1.14. The molecule has 1 saturated heterocycles. The van der Waals surface area contributed by atoms with Crippen LogP contribution >= 0.6 is 22.9 Å². The van der Waals surface area contributed by atoms with E-state index in [1.165, 1.54) is 18.1 Å². The summed E-state index contributed by atoms with van der Waals surface area (Å²) in [6.07, 6.45) is 4.05. The van der Waals surface area contributed by atoms with Crippen LogP contribution < -0.4 is 9.64 Å². The number of aromatic nitrogens is 2. The first-order valence-corrected chi connectivity index (χ1v) is 14.1. The first kappa shape index (κ1) is 26.3. The van der Waals surface area contributed by atoms with Crippen molar-refractivity contribution in [2.45, 2.75) is 26.2 Å². The van der Waals surface area contributed by atoms with E-state index >= 15 is 0 Å². The maximum absolute atomic E-state index is 14.4. The summed E-state index contributed by atoms with van der Waals surface area (Å²) in [4.78, 5) is 30.6. The van der Waals surface area contributed by atoms with Crippen molar-refractivity contribution in [3.63, 3.8) is 0 Å². The van der Waals surface area contributed by atoms with E-state index < -0.39 is 17.3 Å². The number of anilines is 1. The lowest BCUT2D eigenvalue weighted by molar-refractivity contribution is -0.127. The van der Waals surface area contributed by atoms with Crippen LogP contribution in [-0.4, -0.2) is 33.8 Å². The molecule has 2 amide bonds. The number of phenolic OH excluding ortho intramolecular Hbond substituents is 1. The molecule has 3 atom stereocenters. The van der Waals surface area contributed by atoms with Crippen LogP contribution in [0.1, 0.15) is 30.4 Å². The fourth-order valence-corrected chi connectivity index (χ4v) is 7.64. The number of aromatic hydroxyl groups is 1. The van der Waals surface area contributed by atoms with Gasteiger partial charge in [0.2, 0.25) is 11.8 Å². The highest BCUT2D eigenvalue weighted by Gasteiger charge is 2.63. The number of imide groups is 1. The molecule has 40 heavy (non-hydrogen) atoms. The lowest BCUT2D eigenvalue weighted by Crippen LogP contribution is -2.42. The number of ether oxygens (including phenoxy) is 1. The SMILES string of the molecule is C=CC1=CCC2C(=O)N(c3cc(-c4sc5ccc(Cl)cc5c4C)nn3C)C(=O)C2(C)C1c1ccc(OC)cc1O. The van der Waals surface area contributed by atoms with Gasteiger partial charge in [-0.05, 0) is 61.1 Å². The number of benzene rings is 2. The summed E-state index contributed by atoms with van der Waals surface area (Å²) in [6.45, 7) is 7.81. The molecule has 1 fully saturated rings. The van der Waals surface area contributed by atoms with Crippen molar-refractivity contribution in [3.05, 3.63) is 82.9 Å². The van der Waals surface area contributed by atoms with Gasteiger partial charge in [0.05, 0.1) is 23.3 Å². The smallest absolute Gasteiger partial charge is 0.242 e. The largest absolute Gasteiger partial charge is 0.508 e. The van der Waals surface area contributed by atoms with Crippen LogP contribution in [0, 0.1) is 18.3 Å². The molecule has 0 radical (unpaired) electrons. The zero-order valence-electron chi connectivity index (χ0n) is 22.6. The summed E-state index contributed by atoms with van der Waals surface area (Å²) in [6, 6.07) is 12.6. The molecule has 3 unspecified atom stereocenters. The van der Waals surface area contributed by atoms with Crippen LogP contribution in [0.3, 0.4) is 0 Å². The molecule has 0 bridgehead atoms. The van der Waals surface area contributed by atoms with Crippen molar-refractivity contribution < 1.29 is 19.4 Å². The van der Waals surface area contributed by atoms with Gasteiger partial charge in [-0.15, -0.1) is 11.3 Å². The lowest BCUT2D eigenvalue weighted by atomic mass is 9.60. The number of phenols is 1. The summed E-state index contributed by atoms with van der Waals surface area (Å²) in [7, 11) is 3.26. The second-order valence-electron chi connectivity index (χ2n) is 10.5. The summed E-state index contributed by atoms with van der Waals surface area (Å²) >= 11 is 7.84. The van der Waals surface area contributed by atoms with Gasteiger partial charge in [0.1, 0.15) is 23.0 Å². The Labute approximate surface area is 240 Å². The van der Waals surface area contributed by atoms with Gasteiger partial charge in [-0.2, -0.15) is 5.10 Å². The van der Waals surface area contributed by atoms with Gasteiger partial charge in [0, 0.05) is 40.4 Å². The fraction of sp³-hybridized carbons (Fsp3) is 0.258. The van der Waals surface area contributed by atoms with Crippen molar-refractivity contribution in [1.29, 1.82) is 0 Å². The van der Waals surface area contributed by atoms with Crippen LogP contribution in [0.15, 0.2) is 66.8 Å². The minimum Gasteiger partial charge on any atom is -0.508 e. The van der Waals surface area contributed by atoms with Crippen molar-refractivity contribution in [2.75, 3.05) is 12.0 Å². The molecule has 9 heteroatoms. The molecule has 1 aliphatic carbocycles. The fourth-order valence-electron chi connectivity index (χ4n) is 6.32. The molecule has 7 nitrogen and oxygen atoms in total. The number of hydrogen-bond acceptors (Lipinski definition) is 6. The van der Waals surface area contributed by atoms with Crippen LogP contribution in [0.4, 0.5) is 5.82 Å². The quantitative estimate of drug-likeness (QED) is 0.266. The molecule has 1 aliphatic heterocycles. The third kappa shape index (κ3) is 3.66. The molecule has 2 aromatic carbocycles. The molecule has 6 rings (SSSR count). The Morgan fingerprint density at radius 2 is 2.00 bits per heavy atom. The second-order valence-corrected chi connectivity index (χ2v) is 12.0. The molecule has 0 saturated carbocycles. The molecule has 4 aromatic rings. The second kappa shape index (κ2) is 9.35. The Bertz CT molecular complexity index is 1770. The standard InChI is InChI=1S/C31H28ClN3O4S/c1-6-17-7-11-22-29(37)35(30(38)31(22,3)27(17)20-10-9-19(39-5)14-24(20)36)26-15-23(33-34(26)4)28-16(2)21-13-18(32)8-12-25(21)40-28/h6-10,12-15,22,27,36H,1,11H2,2-5H3. The molecular weight excluding hydrogens is 546 g/mol. The van der Waals surface area contributed by atoms with Crippen molar-refractivity contribution in [1.82, 2.24) is 9.78 Å². The highest BCUT2D eigenvalue weighted by Crippen LogP contribution is 2.58. The van der Waals surface area contributed by atoms with E-state index in [1.807, 2.05) is 38.1 Å². The average Bonchev–Trinajstić information content (AvgIpc) is 3.53. The summed E-state index contributed by atoms with van der Waals surface area (Å²) in [5, 5.41) is 17.4. The minimum absolute atomic E-state index is 0.000772. The van der Waals surface area contributed by atoms with Gasteiger partial charge in [-0.3, -0.25) is 14.3 Å². The van der Waals surface area contributed by atoms with E-state index in [0.29, 0.717) is 34.3 Å². The van der Waals surface area contributed by atoms with Gasteiger partial charge in [-0.25, -0.2) is 4.90 Å². The number of halogens is 1. The van der Waals surface area contributed by atoms with Gasteiger partial charge in [0.25, 0.3) is 0 Å². The number of amides is 2. The van der Waals surface area contributed by atoms with Crippen molar-refractivity contribution in [2.24, 2.45) is 18.4 Å². The predicted octanol–water partition coefficient (Wildman–Crippen LogP) is 6.77. The predicted molar refractivity (Wildman–Crippen MR) is 158 cm³/mol. The number of rotatable bonds is 5. The topological polar surface area (TPSA) is 84.7 Å². The zero-order valence-corrected chi connectivity index (χ0v) is 24.1. The first-order chi connectivity index (χ1) is 19.1. The lowest BCUT2D eigenvalue weighted by Gasteiger charge is -2.40. The number of nitrogens with zero attached hydrogens (tertiary/aromatic N) is 3. The van der Waals surface area contributed by atoms with Crippen LogP contribution in [0.5, 0.6) is 11.5 Å². The number of carbonyl (C=O) groups is 2. The Hall–Kier alpha value is -3.88. The monoisotopic (exact) mass is 573 g/mol. The number of aryl methyl sites for hydroxylation is 2. The van der Waals surface area contributed by atoms with E-state index in [0.717, 1.165) is 26.1 Å². The molecule has 2 aliphatic rings. The maximum atomic E-state index is 14.4. The molecule has 1 N–H and O–H groups in total. The molecule has 0 spiro atoms. The van der Waals surface area contributed by atoms with Crippen LogP contribution in [0.25, 0.3) is 20.7 Å². The highest BCUT2D eigenvalue weighted by molar-refractivity contribution is 7.22. The zero-order chi connectivity index (χ0) is 28.5. The third-order valence-electron chi connectivity index (χ3n) is 8.43. The van der Waals surface area contributed by atoms with Gasteiger partial charge >= 0.3 is 0 Å². The Balaban J connectivity index is 1.45. The Morgan fingerprint density at radius 3 is 2.70 bits per heavy atom. The molecule has 2 aromatic heterocycles. The van der Waals surface area contributed by atoms with E-state index in [1.54, 1.807) is 47.3 Å². The van der Waals surface area contributed by atoms with E-state index in [-0.39, 0.29) is 17.6 Å². The van der Waals surface area contributed by atoms with Gasteiger partial charge in [-0.1, -0.05) is 36.4 Å². The Kier molecular flexibility index (Phi) is 6.16. The first-order valence-electron chi connectivity index (χ1n) is 12.9. The van der Waals surface area contributed by atoms with Gasteiger partial charge in [0.15, 0.2) is 0 Å². The maximum Gasteiger partial charge on any atom is 0.242 e. The van der Waals surface area contributed by atoms with Crippen LogP contribution in [0.2, 0.25) is 5.02 Å². The number of methoxy groups -OCH3 is 1. The van der Waals surface area contributed by atoms with E-state index in [9.17, 15) is 14.7 Å². The summed E-state index contributed by atoms with van der Waals surface area (Å²) < 4.78 is 7.93. The number of fused-ring (bicyclic) bond motifs is 2. The summed E-state index contributed by atoms with van der Waals surface area (Å²) in [5.41, 5.74) is 1.93. The molecule has 3 heterocycles. The third-order valence-corrected chi connectivity index (χ3v) is 9.96. The number of hydrogen-bond donors (Lipinski definition) is 1. The van der Waals surface area contributed by atoms with Crippen LogP contribution in [-0.2, 0) is 16.6 Å².